The fourth-order valence-corrected chi connectivity index (χ4v) is 3.50. The summed E-state index contributed by atoms with van der Waals surface area (Å²) in [6.07, 6.45) is 2.85. The van der Waals surface area contributed by atoms with Gasteiger partial charge in [0.15, 0.2) is 5.82 Å². The van der Waals surface area contributed by atoms with Crippen LogP contribution in [0.3, 0.4) is 0 Å². The SMILES string of the molecule is CC(C)(C)OC(=O)N1CCN(c2n[nH]c(-c3ccc(F)cc3)c2-c2ccncn2)CC1. The van der Waals surface area contributed by atoms with Crippen molar-refractivity contribution in [2.75, 3.05) is 31.1 Å². The van der Waals surface area contributed by atoms with Crippen molar-refractivity contribution in [2.45, 2.75) is 26.4 Å². The first kappa shape index (κ1) is 20.8. The number of halogens is 1. The van der Waals surface area contributed by atoms with Gasteiger partial charge < -0.3 is 14.5 Å². The van der Waals surface area contributed by atoms with Crippen LogP contribution in [0.1, 0.15) is 20.8 Å². The summed E-state index contributed by atoms with van der Waals surface area (Å²) in [5.74, 6) is 0.437. The smallest absolute Gasteiger partial charge is 0.410 e. The number of amides is 1. The highest BCUT2D eigenvalue weighted by Crippen LogP contribution is 2.37. The molecule has 1 fully saturated rings. The van der Waals surface area contributed by atoms with E-state index in [1.165, 1.54) is 18.5 Å². The summed E-state index contributed by atoms with van der Waals surface area (Å²) in [5.41, 5.74) is 2.57. The minimum absolute atomic E-state index is 0.301. The van der Waals surface area contributed by atoms with Crippen LogP contribution in [0, 0.1) is 5.82 Å². The van der Waals surface area contributed by atoms with Gasteiger partial charge in [-0.3, -0.25) is 5.10 Å². The molecule has 31 heavy (non-hydrogen) atoms. The van der Waals surface area contributed by atoms with Gasteiger partial charge in [-0.25, -0.2) is 19.2 Å². The molecule has 0 radical (unpaired) electrons. The molecule has 1 aliphatic heterocycles. The zero-order valence-electron chi connectivity index (χ0n) is 17.8. The van der Waals surface area contributed by atoms with E-state index in [1.54, 1.807) is 23.2 Å². The van der Waals surface area contributed by atoms with Gasteiger partial charge in [0.2, 0.25) is 0 Å². The minimum Gasteiger partial charge on any atom is -0.444 e. The molecule has 1 saturated heterocycles. The second-order valence-corrected chi connectivity index (χ2v) is 8.35. The van der Waals surface area contributed by atoms with Crippen LogP contribution >= 0.6 is 0 Å². The van der Waals surface area contributed by atoms with Crippen LogP contribution in [-0.4, -0.2) is 62.9 Å². The van der Waals surface area contributed by atoms with Crippen LogP contribution in [0.5, 0.6) is 0 Å². The number of hydrogen-bond donors (Lipinski definition) is 1. The molecule has 2 aromatic heterocycles. The van der Waals surface area contributed by atoms with E-state index in [-0.39, 0.29) is 11.9 Å². The predicted molar refractivity (Wildman–Crippen MR) is 115 cm³/mol. The lowest BCUT2D eigenvalue weighted by Crippen LogP contribution is -2.50. The number of nitrogens with zero attached hydrogens (tertiary/aromatic N) is 5. The Labute approximate surface area is 180 Å². The molecule has 1 aromatic carbocycles. The first-order valence-corrected chi connectivity index (χ1v) is 10.2. The maximum Gasteiger partial charge on any atom is 0.410 e. The highest BCUT2D eigenvalue weighted by atomic mass is 19.1. The van der Waals surface area contributed by atoms with Crippen molar-refractivity contribution < 1.29 is 13.9 Å². The number of anilines is 1. The molecule has 0 atom stereocenters. The molecular weight excluding hydrogens is 399 g/mol. The first-order valence-electron chi connectivity index (χ1n) is 10.2. The first-order chi connectivity index (χ1) is 14.8. The largest absolute Gasteiger partial charge is 0.444 e. The fourth-order valence-electron chi connectivity index (χ4n) is 3.50. The van der Waals surface area contributed by atoms with E-state index >= 15 is 0 Å². The molecule has 1 N–H and O–H groups in total. The maximum atomic E-state index is 13.4. The van der Waals surface area contributed by atoms with Gasteiger partial charge in [0.05, 0.1) is 17.0 Å². The summed E-state index contributed by atoms with van der Waals surface area (Å²) in [6.45, 7) is 7.82. The lowest BCUT2D eigenvalue weighted by molar-refractivity contribution is 0.0240. The number of aromatic amines is 1. The van der Waals surface area contributed by atoms with Crippen molar-refractivity contribution >= 4 is 11.9 Å². The van der Waals surface area contributed by atoms with Crippen molar-refractivity contribution in [3.63, 3.8) is 0 Å². The van der Waals surface area contributed by atoms with Gasteiger partial charge in [-0.15, -0.1) is 0 Å². The lowest BCUT2D eigenvalue weighted by Gasteiger charge is -2.36. The van der Waals surface area contributed by atoms with Gasteiger partial charge in [-0.2, -0.15) is 5.10 Å². The number of benzene rings is 1. The van der Waals surface area contributed by atoms with Crippen LogP contribution in [0.15, 0.2) is 42.9 Å². The number of rotatable bonds is 3. The second kappa shape index (κ2) is 8.33. The summed E-state index contributed by atoms with van der Waals surface area (Å²) in [5, 5.41) is 7.65. The molecule has 0 unspecified atom stereocenters. The van der Waals surface area contributed by atoms with Crippen LogP contribution in [0.2, 0.25) is 0 Å². The number of ether oxygens (including phenoxy) is 1. The molecule has 162 valence electrons. The molecule has 0 aliphatic carbocycles. The lowest BCUT2D eigenvalue weighted by atomic mass is 10.0. The number of nitrogens with one attached hydrogen (secondary N) is 1. The average Bonchev–Trinajstić information content (AvgIpc) is 3.19. The van der Waals surface area contributed by atoms with Crippen molar-refractivity contribution in [3.05, 3.63) is 48.7 Å². The van der Waals surface area contributed by atoms with Crippen molar-refractivity contribution in [1.29, 1.82) is 0 Å². The van der Waals surface area contributed by atoms with E-state index in [1.807, 2.05) is 26.8 Å². The molecule has 9 heteroatoms. The quantitative estimate of drug-likeness (QED) is 0.689. The van der Waals surface area contributed by atoms with Gasteiger partial charge in [0.1, 0.15) is 17.7 Å². The van der Waals surface area contributed by atoms with E-state index in [2.05, 4.69) is 25.1 Å². The summed E-state index contributed by atoms with van der Waals surface area (Å²) in [6, 6.07) is 8.06. The Morgan fingerprint density at radius 2 is 1.81 bits per heavy atom. The highest BCUT2D eigenvalue weighted by Gasteiger charge is 2.29. The minimum atomic E-state index is -0.527. The number of hydrogen-bond acceptors (Lipinski definition) is 6. The summed E-state index contributed by atoms with van der Waals surface area (Å²) >= 11 is 0. The maximum absolute atomic E-state index is 13.4. The molecule has 3 heterocycles. The molecular formula is C22H25FN6O2. The summed E-state index contributed by atoms with van der Waals surface area (Å²) in [7, 11) is 0. The molecule has 0 spiro atoms. The molecule has 8 nitrogen and oxygen atoms in total. The normalized spacial score (nSPS) is 14.6. The number of H-pyrrole nitrogens is 1. The number of carbonyl (C=O) groups is 1. The molecule has 4 rings (SSSR count). The van der Waals surface area contributed by atoms with Crippen LogP contribution in [0.4, 0.5) is 15.0 Å². The zero-order chi connectivity index (χ0) is 22.0. The van der Waals surface area contributed by atoms with Gasteiger partial charge in [-0.1, -0.05) is 0 Å². The predicted octanol–water partition coefficient (Wildman–Crippen LogP) is 3.73. The van der Waals surface area contributed by atoms with Crippen LogP contribution in [0.25, 0.3) is 22.5 Å². The second-order valence-electron chi connectivity index (χ2n) is 8.35. The monoisotopic (exact) mass is 424 g/mol. The van der Waals surface area contributed by atoms with Crippen molar-refractivity contribution in [3.8, 4) is 22.5 Å². The summed E-state index contributed by atoms with van der Waals surface area (Å²) in [4.78, 5) is 24.6. The van der Waals surface area contributed by atoms with Gasteiger partial charge in [0, 0.05) is 37.9 Å². The van der Waals surface area contributed by atoms with E-state index in [0.29, 0.717) is 31.9 Å². The Kier molecular flexibility index (Phi) is 5.58. The molecule has 3 aromatic rings. The fraction of sp³-hybridized carbons (Fsp3) is 0.364. The Morgan fingerprint density at radius 1 is 1.10 bits per heavy atom. The molecule has 0 bridgehead atoms. The Hall–Kier alpha value is -3.49. The van der Waals surface area contributed by atoms with E-state index in [4.69, 9.17) is 4.74 Å². The van der Waals surface area contributed by atoms with E-state index < -0.39 is 5.60 Å². The topological polar surface area (TPSA) is 87.2 Å². The average molecular weight is 424 g/mol. The van der Waals surface area contributed by atoms with Crippen molar-refractivity contribution in [1.82, 2.24) is 25.1 Å². The van der Waals surface area contributed by atoms with Gasteiger partial charge in [-0.05, 0) is 51.1 Å². The third kappa shape index (κ3) is 4.65. The number of piperazine rings is 1. The Bertz CT molecular complexity index is 1040. The highest BCUT2D eigenvalue weighted by molar-refractivity contribution is 5.87. The zero-order valence-corrected chi connectivity index (χ0v) is 17.8. The van der Waals surface area contributed by atoms with Gasteiger partial charge in [0.25, 0.3) is 0 Å². The Balaban J connectivity index is 1.61. The number of aromatic nitrogens is 4. The molecule has 0 saturated carbocycles. The van der Waals surface area contributed by atoms with Crippen LogP contribution < -0.4 is 4.90 Å². The molecule has 1 amide bonds. The van der Waals surface area contributed by atoms with Crippen LogP contribution in [-0.2, 0) is 4.74 Å². The third-order valence-electron chi connectivity index (χ3n) is 4.95. The van der Waals surface area contributed by atoms with Gasteiger partial charge >= 0.3 is 6.09 Å². The van der Waals surface area contributed by atoms with E-state index in [9.17, 15) is 9.18 Å². The van der Waals surface area contributed by atoms with Crippen molar-refractivity contribution in [2.24, 2.45) is 0 Å². The number of carbonyl (C=O) groups excluding carboxylic acids is 1. The standard InChI is InChI=1S/C22H25FN6O2/c1-22(2,3)31-21(30)29-12-10-28(11-13-29)20-18(17-8-9-24-14-25-17)19(26-27-20)15-4-6-16(23)7-5-15/h4-9,14H,10-13H2,1-3H3,(H,26,27). The van der Waals surface area contributed by atoms with E-state index in [0.717, 1.165) is 22.6 Å². The Morgan fingerprint density at radius 3 is 2.42 bits per heavy atom. The molecule has 1 aliphatic rings. The summed E-state index contributed by atoms with van der Waals surface area (Å²) < 4.78 is 18.9. The third-order valence-corrected chi connectivity index (χ3v) is 4.95.